The molecular weight excluding hydrogens is 232 g/mol. The number of hydrogen-bond donors (Lipinski definition) is 2. The van der Waals surface area contributed by atoms with E-state index in [-0.39, 0.29) is 24.1 Å². The van der Waals surface area contributed by atoms with Crippen LogP contribution < -0.4 is 5.32 Å². The number of nitrogens with zero attached hydrogens (tertiary/aromatic N) is 3. The maximum Gasteiger partial charge on any atom is 0.305 e. The van der Waals surface area contributed by atoms with Gasteiger partial charge in [0.25, 0.3) is 0 Å². The molecule has 6 nitrogen and oxygen atoms in total. The Hall–Kier alpha value is -2.16. The molecule has 1 heterocycles. The number of anilines is 1. The molecular formula is C12H16N4O2. The van der Waals surface area contributed by atoms with Gasteiger partial charge in [0.05, 0.1) is 6.42 Å². The molecule has 0 bridgehead atoms. The van der Waals surface area contributed by atoms with Crippen LogP contribution in [0, 0.1) is 24.2 Å². The Balaban J connectivity index is 2.90. The number of aliphatic carboxylic acids is 1. The summed E-state index contributed by atoms with van der Waals surface area (Å²) < 4.78 is 0. The molecule has 1 atom stereocenters. The first-order chi connectivity index (χ1) is 8.42. The van der Waals surface area contributed by atoms with Crippen molar-refractivity contribution in [3.05, 3.63) is 17.5 Å². The predicted molar refractivity (Wildman–Crippen MR) is 66.0 cm³/mol. The van der Waals surface area contributed by atoms with Gasteiger partial charge >= 0.3 is 5.97 Å². The molecule has 0 aromatic carbocycles. The van der Waals surface area contributed by atoms with Crippen molar-refractivity contribution in [2.45, 2.75) is 33.2 Å². The van der Waals surface area contributed by atoms with Crippen molar-refractivity contribution in [1.82, 2.24) is 9.97 Å². The first-order valence-electron chi connectivity index (χ1n) is 5.66. The lowest BCUT2D eigenvalue weighted by Crippen LogP contribution is -2.29. The van der Waals surface area contributed by atoms with E-state index in [1.54, 1.807) is 13.0 Å². The van der Waals surface area contributed by atoms with E-state index in [1.807, 2.05) is 19.9 Å². The number of hydrogen-bond acceptors (Lipinski definition) is 5. The van der Waals surface area contributed by atoms with Crippen LogP contribution in [0.1, 0.15) is 31.7 Å². The van der Waals surface area contributed by atoms with Crippen LogP contribution in [0.4, 0.5) is 5.95 Å². The lowest BCUT2D eigenvalue weighted by molar-refractivity contribution is -0.137. The van der Waals surface area contributed by atoms with Gasteiger partial charge in [-0.15, -0.1) is 0 Å². The van der Waals surface area contributed by atoms with Crippen LogP contribution in [0.3, 0.4) is 0 Å². The summed E-state index contributed by atoms with van der Waals surface area (Å²) in [7, 11) is 0. The zero-order chi connectivity index (χ0) is 13.7. The molecule has 0 aliphatic carbocycles. The Morgan fingerprint density at radius 2 is 2.22 bits per heavy atom. The van der Waals surface area contributed by atoms with E-state index in [9.17, 15) is 4.79 Å². The molecule has 0 saturated heterocycles. The van der Waals surface area contributed by atoms with Crippen LogP contribution in [-0.2, 0) is 4.79 Å². The Morgan fingerprint density at radius 1 is 1.56 bits per heavy atom. The summed E-state index contributed by atoms with van der Waals surface area (Å²) in [5.74, 6) is -0.461. The van der Waals surface area contributed by atoms with E-state index in [4.69, 9.17) is 10.4 Å². The topological polar surface area (TPSA) is 98.9 Å². The van der Waals surface area contributed by atoms with E-state index in [0.29, 0.717) is 11.6 Å². The standard InChI is InChI=1S/C12H16N4O2/c1-7(2)10(5-11(17)18)16-12-14-8(3)4-9(6-13)15-12/h4,7,10H,5H2,1-3H3,(H,17,18)(H,14,15,16). The summed E-state index contributed by atoms with van der Waals surface area (Å²) in [6.07, 6.45) is -0.0170. The van der Waals surface area contributed by atoms with Gasteiger partial charge < -0.3 is 10.4 Å². The fourth-order valence-corrected chi connectivity index (χ4v) is 1.50. The maximum absolute atomic E-state index is 10.8. The summed E-state index contributed by atoms with van der Waals surface area (Å²) in [5.41, 5.74) is 0.935. The molecule has 0 spiro atoms. The van der Waals surface area contributed by atoms with Gasteiger partial charge in [-0.1, -0.05) is 13.8 Å². The smallest absolute Gasteiger partial charge is 0.305 e. The van der Waals surface area contributed by atoms with Crippen molar-refractivity contribution < 1.29 is 9.90 Å². The predicted octanol–water partition coefficient (Wildman–Crippen LogP) is 1.57. The molecule has 0 aliphatic rings. The van der Waals surface area contributed by atoms with E-state index in [2.05, 4.69) is 15.3 Å². The second-order valence-electron chi connectivity index (χ2n) is 4.42. The van der Waals surface area contributed by atoms with Crippen LogP contribution in [0.25, 0.3) is 0 Å². The molecule has 1 aromatic heterocycles. The first kappa shape index (κ1) is 13.9. The number of carboxylic acid groups (broad SMARTS) is 1. The maximum atomic E-state index is 10.8. The third kappa shape index (κ3) is 4.01. The molecule has 0 fully saturated rings. The molecule has 1 rings (SSSR count). The summed E-state index contributed by atoms with van der Waals surface area (Å²) >= 11 is 0. The molecule has 0 saturated carbocycles. The van der Waals surface area contributed by atoms with E-state index < -0.39 is 5.97 Å². The summed E-state index contributed by atoms with van der Waals surface area (Å²) in [6.45, 7) is 5.60. The number of nitriles is 1. The van der Waals surface area contributed by atoms with E-state index >= 15 is 0 Å². The van der Waals surface area contributed by atoms with Gasteiger partial charge in [-0.3, -0.25) is 4.79 Å². The molecule has 2 N–H and O–H groups in total. The monoisotopic (exact) mass is 248 g/mol. The highest BCUT2D eigenvalue weighted by atomic mass is 16.4. The molecule has 1 aromatic rings. The molecule has 18 heavy (non-hydrogen) atoms. The second kappa shape index (κ2) is 5.96. The average Bonchev–Trinajstić information content (AvgIpc) is 2.26. The third-order valence-corrected chi connectivity index (χ3v) is 2.48. The highest BCUT2D eigenvalue weighted by Crippen LogP contribution is 2.13. The van der Waals surface area contributed by atoms with Gasteiger partial charge in [0, 0.05) is 11.7 Å². The lowest BCUT2D eigenvalue weighted by atomic mass is 10.0. The van der Waals surface area contributed by atoms with Gasteiger partial charge in [-0.05, 0) is 18.9 Å². The Morgan fingerprint density at radius 3 is 2.72 bits per heavy atom. The third-order valence-electron chi connectivity index (χ3n) is 2.48. The zero-order valence-electron chi connectivity index (χ0n) is 10.6. The highest BCUT2D eigenvalue weighted by Gasteiger charge is 2.18. The van der Waals surface area contributed by atoms with Crippen molar-refractivity contribution >= 4 is 11.9 Å². The Kier molecular flexibility index (Phi) is 4.60. The fourth-order valence-electron chi connectivity index (χ4n) is 1.50. The number of carboxylic acids is 1. The second-order valence-corrected chi connectivity index (χ2v) is 4.42. The minimum absolute atomic E-state index is 0.0170. The molecule has 0 aliphatic heterocycles. The first-order valence-corrected chi connectivity index (χ1v) is 5.66. The molecule has 0 radical (unpaired) electrons. The van der Waals surface area contributed by atoms with Crippen LogP contribution in [0.15, 0.2) is 6.07 Å². The molecule has 0 amide bonds. The quantitative estimate of drug-likeness (QED) is 0.820. The van der Waals surface area contributed by atoms with Gasteiger partial charge in [0.15, 0.2) is 0 Å². The normalized spacial score (nSPS) is 11.9. The molecule has 96 valence electrons. The van der Waals surface area contributed by atoms with E-state index in [0.717, 1.165) is 0 Å². The van der Waals surface area contributed by atoms with Gasteiger partial charge in [-0.25, -0.2) is 9.97 Å². The van der Waals surface area contributed by atoms with Crippen molar-refractivity contribution in [2.75, 3.05) is 5.32 Å². The average molecular weight is 248 g/mol. The minimum Gasteiger partial charge on any atom is -0.481 e. The fraction of sp³-hybridized carbons (Fsp3) is 0.500. The SMILES string of the molecule is Cc1cc(C#N)nc(NC(CC(=O)O)C(C)C)n1. The van der Waals surface area contributed by atoms with Crippen LogP contribution in [-0.4, -0.2) is 27.1 Å². The van der Waals surface area contributed by atoms with Crippen LogP contribution in [0.2, 0.25) is 0 Å². The van der Waals surface area contributed by atoms with Crippen LogP contribution in [0.5, 0.6) is 0 Å². The summed E-state index contributed by atoms with van der Waals surface area (Å²) in [5, 5.41) is 20.6. The van der Waals surface area contributed by atoms with Crippen molar-refractivity contribution in [1.29, 1.82) is 5.26 Å². The highest BCUT2D eigenvalue weighted by molar-refractivity contribution is 5.68. The summed E-state index contributed by atoms with van der Waals surface area (Å²) in [4.78, 5) is 18.9. The van der Waals surface area contributed by atoms with Gasteiger partial charge in [-0.2, -0.15) is 5.26 Å². The van der Waals surface area contributed by atoms with Crippen LogP contribution >= 0.6 is 0 Å². The van der Waals surface area contributed by atoms with Crippen molar-refractivity contribution in [2.24, 2.45) is 5.92 Å². The Bertz CT molecular complexity index is 479. The Labute approximate surface area is 106 Å². The zero-order valence-corrected chi connectivity index (χ0v) is 10.6. The number of rotatable bonds is 5. The number of carbonyl (C=O) groups is 1. The van der Waals surface area contributed by atoms with E-state index in [1.165, 1.54) is 0 Å². The molecule has 1 unspecified atom stereocenters. The molecule has 6 heteroatoms. The number of aromatic nitrogens is 2. The van der Waals surface area contributed by atoms with Crippen molar-refractivity contribution in [3.63, 3.8) is 0 Å². The minimum atomic E-state index is -0.880. The van der Waals surface area contributed by atoms with Crippen molar-refractivity contribution in [3.8, 4) is 6.07 Å². The summed E-state index contributed by atoms with van der Waals surface area (Å²) in [6, 6.07) is 3.25. The number of nitrogens with one attached hydrogen (secondary N) is 1. The number of aryl methyl sites for hydroxylation is 1. The van der Waals surface area contributed by atoms with Gasteiger partial charge in [0.1, 0.15) is 11.8 Å². The van der Waals surface area contributed by atoms with Gasteiger partial charge in [0.2, 0.25) is 5.95 Å². The lowest BCUT2D eigenvalue weighted by Gasteiger charge is -2.20. The largest absolute Gasteiger partial charge is 0.481 e.